The maximum Gasteiger partial charge on any atom is 0.151 e. The molecule has 1 unspecified atom stereocenters. The van der Waals surface area contributed by atoms with Crippen molar-refractivity contribution in [1.29, 1.82) is 0 Å². The molecule has 1 N–H and O–H groups in total. The monoisotopic (exact) mass is 266 g/mol. The van der Waals surface area contributed by atoms with E-state index in [4.69, 9.17) is 0 Å². The van der Waals surface area contributed by atoms with Crippen molar-refractivity contribution in [3.05, 3.63) is 30.4 Å². The number of rotatable bonds is 1. The van der Waals surface area contributed by atoms with Gasteiger partial charge in [-0.15, -0.1) is 0 Å². The Morgan fingerprint density at radius 3 is 3.06 bits per heavy atom. The van der Waals surface area contributed by atoms with Gasteiger partial charge in [0.25, 0.3) is 0 Å². The molecule has 1 aliphatic rings. The summed E-state index contributed by atoms with van der Waals surface area (Å²) in [6.45, 7) is 0. The van der Waals surface area contributed by atoms with Gasteiger partial charge in [0.05, 0.1) is 17.7 Å². The first-order chi connectivity index (χ1) is 8.57. The molecule has 0 saturated carbocycles. The zero-order chi connectivity index (χ0) is 12.8. The number of nitrogens with zero attached hydrogens (tertiary/aromatic N) is 2. The molecule has 6 heteroatoms. The number of aromatic hydroxyl groups is 1. The van der Waals surface area contributed by atoms with Gasteiger partial charge in [-0.3, -0.25) is 0 Å². The number of fused-ring (bicyclic) bond motifs is 1. The summed E-state index contributed by atoms with van der Waals surface area (Å²) in [5.74, 6) is 1.24. The third-order valence-electron chi connectivity index (χ3n) is 3.41. The van der Waals surface area contributed by atoms with Gasteiger partial charge in [-0.25, -0.2) is 13.4 Å². The average Bonchev–Trinajstić information content (AvgIpc) is 2.73. The lowest BCUT2D eigenvalue weighted by Gasteiger charge is -2.20. The van der Waals surface area contributed by atoms with Crippen molar-refractivity contribution in [1.82, 2.24) is 9.38 Å². The normalized spacial score (nSPS) is 23.2. The van der Waals surface area contributed by atoms with E-state index < -0.39 is 9.84 Å². The van der Waals surface area contributed by atoms with Gasteiger partial charge in [0.1, 0.15) is 17.1 Å². The van der Waals surface area contributed by atoms with Crippen molar-refractivity contribution in [3.63, 3.8) is 0 Å². The lowest BCUT2D eigenvalue weighted by Crippen LogP contribution is -2.25. The molecule has 3 rings (SSSR count). The predicted molar refractivity (Wildman–Crippen MR) is 67.5 cm³/mol. The summed E-state index contributed by atoms with van der Waals surface area (Å²) in [5, 5.41) is 9.71. The van der Waals surface area contributed by atoms with E-state index in [1.807, 2.05) is 0 Å². The van der Waals surface area contributed by atoms with E-state index in [9.17, 15) is 13.5 Å². The standard InChI is InChI=1S/C12H14N2O3S/c15-11-4-1-5-14-10(11)7-13-12(14)9-3-2-6-18(16,17)8-9/h1,4-5,7,9,15H,2-3,6,8H2. The molecule has 1 saturated heterocycles. The highest BCUT2D eigenvalue weighted by molar-refractivity contribution is 7.91. The second-order valence-electron chi connectivity index (χ2n) is 4.72. The Hall–Kier alpha value is -1.56. The van der Waals surface area contributed by atoms with Gasteiger partial charge >= 0.3 is 0 Å². The summed E-state index contributed by atoms with van der Waals surface area (Å²) in [6, 6.07) is 3.32. The quantitative estimate of drug-likeness (QED) is 0.845. The highest BCUT2D eigenvalue weighted by Gasteiger charge is 2.28. The number of hydrogen-bond acceptors (Lipinski definition) is 4. The van der Waals surface area contributed by atoms with Crippen LogP contribution in [-0.2, 0) is 9.84 Å². The van der Waals surface area contributed by atoms with E-state index in [0.29, 0.717) is 11.9 Å². The van der Waals surface area contributed by atoms with Crippen molar-refractivity contribution in [2.75, 3.05) is 11.5 Å². The Morgan fingerprint density at radius 2 is 2.28 bits per heavy atom. The van der Waals surface area contributed by atoms with Crippen molar-refractivity contribution < 1.29 is 13.5 Å². The van der Waals surface area contributed by atoms with Crippen molar-refractivity contribution in [2.45, 2.75) is 18.8 Å². The minimum atomic E-state index is -2.95. The molecule has 96 valence electrons. The van der Waals surface area contributed by atoms with Crippen LogP contribution in [0.1, 0.15) is 24.6 Å². The van der Waals surface area contributed by atoms with Gasteiger partial charge in [-0.2, -0.15) is 0 Å². The van der Waals surface area contributed by atoms with Crippen LogP contribution in [0.3, 0.4) is 0 Å². The van der Waals surface area contributed by atoms with E-state index in [1.54, 1.807) is 28.9 Å². The van der Waals surface area contributed by atoms with Crippen LogP contribution in [0.4, 0.5) is 0 Å². The van der Waals surface area contributed by atoms with Crippen LogP contribution in [0, 0.1) is 0 Å². The first-order valence-electron chi connectivity index (χ1n) is 5.92. The summed E-state index contributed by atoms with van der Waals surface area (Å²) in [5.41, 5.74) is 0.621. The Labute approximate surface area is 105 Å². The Morgan fingerprint density at radius 1 is 1.44 bits per heavy atom. The van der Waals surface area contributed by atoms with Crippen LogP contribution >= 0.6 is 0 Å². The van der Waals surface area contributed by atoms with Gasteiger partial charge in [0.15, 0.2) is 9.84 Å². The number of aromatic nitrogens is 2. The number of sulfone groups is 1. The van der Waals surface area contributed by atoms with Gasteiger partial charge in [0.2, 0.25) is 0 Å². The molecule has 2 aromatic heterocycles. The maximum absolute atomic E-state index is 11.7. The molecule has 1 atom stereocenters. The Balaban J connectivity index is 2.07. The fourth-order valence-electron chi connectivity index (χ4n) is 2.56. The van der Waals surface area contributed by atoms with Crippen LogP contribution in [0.25, 0.3) is 5.52 Å². The summed E-state index contributed by atoms with van der Waals surface area (Å²) in [4.78, 5) is 4.28. The van der Waals surface area contributed by atoms with Crippen molar-refractivity contribution >= 4 is 15.4 Å². The molecule has 5 nitrogen and oxygen atoms in total. The molecular weight excluding hydrogens is 252 g/mol. The van der Waals surface area contributed by atoms with Crippen molar-refractivity contribution in [3.8, 4) is 5.75 Å². The zero-order valence-corrected chi connectivity index (χ0v) is 10.6. The first kappa shape index (κ1) is 11.5. The molecule has 1 fully saturated rings. The Kier molecular flexibility index (Phi) is 2.55. The fourth-order valence-corrected chi connectivity index (χ4v) is 4.26. The topological polar surface area (TPSA) is 71.7 Å². The molecule has 0 amide bonds. The van der Waals surface area contributed by atoms with Crippen LogP contribution in [0.5, 0.6) is 5.75 Å². The van der Waals surface area contributed by atoms with Crippen LogP contribution in [0.2, 0.25) is 0 Å². The minimum Gasteiger partial charge on any atom is -0.506 e. The van der Waals surface area contributed by atoms with Gasteiger partial charge in [-0.1, -0.05) is 0 Å². The van der Waals surface area contributed by atoms with E-state index >= 15 is 0 Å². The van der Waals surface area contributed by atoms with Crippen LogP contribution < -0.4 is 0 Å². The lowest BCUT2D eigenvalue weighted by atomic mass is 10.1. The highest BCUT2D eigenvalue weighted by Crippen LogP contribution is 2.29. The predicted octanol–water partition coefficient (Wildman–Crippen LogP) is 1.33. The number of pyridine rings is 1. The van der Waals surface area contributed by atoms with E-state index in [-0.39, 0.29) is 23.2 Å². The fraction of sp³-hybridized carbons (Fsp3) is 0.417. The van der Waals surface area contributed by atoms with Crippen LogP contribution in [-0.4, -0.2) is 34.4 Å². The second-order valence-corrected chi connectivity index (χ2v) is 6.95. The van der Waals surface area contributed by atoms with E-state index in [2.05, 4.69) is 4.98 Å². The molecule has 0 aromatic carbocycles. The molecular formula is C12H14N2O3S. The molecule has 1 aliphatic heterocycles. The maximum atomic E-state index is 11.7. The number of hydrogen-bond donors (Lipinski definition) is 1. The van der Waals surface area contributed by atoms with E-state index in [0.717, 1.165) is 12.2 Å². The smallest absolute Gasteiger partial charge is 0.151 e. The third kappa shape index (κ3) is 1.86. The zero-order valence-electron chi connectivity index (χ0n) is 9.78. The molecule has 0 bridgehead atoms. The van der Waals surface area contributed by atoms with Gasteiger partial charge in [-0.05, 0) is 25.0 Å². The third-order valence-corrected chi connectivity index (χ3v) is 5.23. The van der Waals surface area contributed by atoms with Crippen LogP contribution in [0.15, 0.2) is 24.5 Å². The van der Waals surface area contributed by atoms with Crippen molar-refractivity contribution in [2.24, 2.45) is 0 Å². The molecule has 0 aliphatic carbocycles. The summed E-state index contributed by atoms with van der Waals surface area (Å²) >= 11 is 0. The summed E-state index contributed by atoms with van der Waals surface area (Å²) in [7, 11) is -2.95. The SMILES string of the molecule is O=S1(=O)CCCC(c2ncc3c(O)cccn23)C1. The minimum absolute atomic E-state index is 0.0759. The molecule has 18 heavy (non-hydrogen) atoms. The Bertz CT molecular complexity index is 690. The largest absolute Gasteiger partial charge is 0.506 e. The summed E-state index contributed by atoms with van der Waals surface area (Å²) < 4.78 is 25.1. The van der Waals surface area contributed by atoms with E-state index in [1.165, 1.54) is 0 Å². The average molecular weight is 266 g/mol. The second kappa shape index (κ2) is 3.98. The summed E-state index contributed by atoms with van der Waals surface area (Å²) in [6.07, 6.45) is 4.90. The molecule has 0 spiro atoms. The van der Waals surface area contributed by atoms with Gasteiger partial charge in [0, 0.05) is 12.1 Å². The first-order valence-corrected chi connectivity index (χ1v) is 7.74. The highest BCUT2D eigenvalue weighted by atomic mass is 32.2. The molecule has 3 heterocycles. The lowest BCUT2D eigenvalue weighted by molar-refractivity contribution is 0.478. The van der Waals surface area contributed by atoms with Gasteiger partial charge < -0.3 is 9.51 Å². The molecule has 2 aromatic rings. The molecule has 0 radical (unpaired) electrons. The number of imidazole rings is 1.